The molecule has 0 atom stereocenters. The lowest BCUT2D eigenvalue weighted by atomic mass is 10.1. The molecule has 2 aromatic carbocycles. The van der Waals surface area contributed by atoms with Crippen LogP contribution in [0.3, 0.4) is 0 Å². The average Bonchev–Trinajstić information content (AvgIpc) is 3.16. The van der Waals surface area contributed by atoms with Crippen LogP contribution in [-0.2, 0) is 15.6 Å². The highest BCUT2D eigenvalue weighted by molar-refractivity contribution is 7.90. The molecule has 6 nitrogen and oxygen atoms in total. The van der Waals surface area contributed by atoms with Gasteiger partial charge in [-0.2, -0.15) is 10.4 Å². The topological polar surface area (TPSA) is 99.5 Å². The Balaban J connectivity index is 1.61. The summed E-state index contributed by atoms with van der Waals surface area (Å²) in [6.07, 6.45) is 3.46. The maximum absolute atomic E-state index is 12.8. The number of aryl methyl sites for hydroxylation is 1. The van der Waals surface area contributed by atoms with Crippen molar-refractivity contribution in [2.45, 2.75) is 17.6 Å². The molecule has 4 rings (SSSR count). The van der Waals surface area contributed by atoms with Gasteiger partial charge in [0.2, 0.25) is 0 Å². The van der Waals surface area contributed by atoms with E-state index in [4.69, 9.17) is 5.26 Å². The highest BCUT2D eigenvalue weighted by Crippen LogP contribution is 2.24. The Labute approximate surface area is 162 Å². The van der Waals surface area contributed by atoms with Gasteiger partial charge in [-0.1, -0.05) is 30.3 Å². The van der Waals surface area contributed by atoms with E-state index in [0.717, 1.165) is 22.2 Å². The van der Waals surface area contributed by atoms with Crippen LogP contribution >= 0.6 is 0 Å². The van der Waals surface area contributed by atoms with Gasteiger partial charge < -0.3 is 0 Å². The van der Waals surface area contributed by atoms with E-state index in [1.165, 1.54) is 6.07 Å². The number of sulfone groups is 1. The van der Waals surface area contributed by atoms with E-state index in [1.807, 2.05) is 24.3 Å². The minimum absolute atomic E-state index is 0.129. The Kier molecular flexibility index (Phi) is 4.41. The fraction of sp³-hybridized carbons (Fsp3) is 0.0952. The smallest absolute Gasteiger partial charge is 0.182 e. The van der Waals surface area contributed by atoms with Crippen molar-refractivity contribution >= 4 is 20.7 Å². The number of H-pyrrole nitrogens is 1. The third kappa shape index (κ3) is 3.38. The van der Waals surface area contributed by atoms with Gasteiger partial charge in [-0.3, -0.25) is 10.1 Å². The SMILES string of the molecule is Cc1ccc(C#N)cc1S(=O)(=O)Cc1ccc(-c2cc3[nH]ncc3cn2)cc1. The summed E-state index contributed by atoms with van der Waals surface area (Å²) >= 11 is 0. The van der Waals surface area contributed by atoms with Crippen LogP contribution in [0.4, 0.5) is 0 Å². The summed E-state index contributed by atoms with van der Waals surface area (Å²) < 4.78 is 25.7. The van der Waals surface area contributed by atoms with Crippen molar-refractivity contribution in [3.05, 3.63) is 77.6 Å². The Morgan fingerprint density at radius 3 is 2.61 bits per heavy atom. The molecule has 0 spiro atoms. The number of aromatic nitrogens is 3. The first-order valence-electron chi connectivity index (χ1n) is 8.58. The van der Waals surface area contributed by atoms with Crippen molar-refractivity contribution in [2.75, 3.05) is 0 Å². The lowest BCUT2D eigenvalue weighted by molar-refractivity contribution is 0.594. The van der Waals surface area contributed by atoms with Crippen molar-refractivity contribution in [1.82, 2.24) is 15.2 Å². The zero-order valence-corrected chi connectivity index (χ0v) is 15.9. The number of aromatic amines is 1. The normalized spacial score (nSPS) is 11.4. The fourth-order valence-corrected chi connectivity index (χ4v) is 4.72. The number of rotatable bonds is 4. The Bertz CT molecular complexity index is 1320. The summed E-state index contributed by atoms with van der Waals surface area (Å²) in [5.41, 5.74) is 4.20. The predicted molar refractivity (Wildman–Crippen MR) is 106 cm³/mol. The number of pyridine rings is 1. The van der Waals surface area contributed by atoms with E-state index >= 15 is 0 Å². The third-order valence-corrected chi connectivity index (χ3v) is 6.41. The molecular weight excluding hydrogens is 372 g/mol. The molecule has 138 valence electrons. The van der Waals surface area contributed by atoms with Gasteiger partial charge in [0.25, 0.3) is 0 Å². The molecule has 0 aliphatic carbocycles. The van der Waals surface area contributed by atoms with Gasteiger partial charge in [-0.15, -0.1) is 0 Å². The van der Waals surface area contributed by atoms with Gasteiger partial charge in [0, 0.05) is 17.1 Å². The van der Waals surface area contributed by atoms with Crippen LogP contribution in [0.15, 0.2) is 65.8 Å². The number of nitriles is 1. The number of nitrogens with one attached hydrogen (secondary N) is 1. The molecule has 1 N–H and O–H groups in total. The van der Waals surface area contributed by atoms with Crippen LogP contribution in [0.25, 0.3) is 22.2 Å². The molecule has 0 amide bonds. The first-order valence-corrected chi connectivity index (χ1v) is 10.2. The molecule has 0 unspecified atom stereocenters. The van der Waals surface area contributed by atoms with E-state index < -0.39 is 9.84 Å². The molecule has 7 heteroatoms. The third-order valence-electron chi connectivity index (χ3n) is 4.58. The molecule has 4 aromatic rings. The average molecular weight is 388 g/mol. The van der Waals surface area contributed by atoms with Gasteiger partial charge in [0.05, 0.1) is 39.7 Å². The lowest BCUT2D eigenvalue weighted by Gasteiger charge is -2.09. The highest BCUT2D eigenvalue weighted by atomic mass is 32.2. The Hall–Kier alpha value is -3.50. The van der Waals surface area contributed by atoms with Gasteiger partial charge in [0.15, 0.2) is 9.84 Å². The molecule has 0 aliphatic heterocycles. The van der Waals surface area contributed by atoms with Crippen LogP contribution in [0.2, 0.25) is 0 Å². The number of hydrogen-bond acceptors (Lipinski definition) is 5. The van der Waals surface area contributed by atoms with E-state index in [9.17, 15) is 8.42 Å². The molecule has 2 aromatic heterocycles. The summed E-state index contributed by atoms with van der Waals surface area (Å²) in [5, 5.41) is 16.9. The standard InChI is InChI=1S/C21H16N4O2S/c1-14-2-3-16(10-22)8-21(14)28(26,27)13-15-4-6-17(7-5-15)19-9-20-18(11-23-19)12-24-25-20/h2-9,11-12H,13H2,1H3,(H,24,25). The highest BCUT2D eigenvalue weighted by Gasteiger charge is 2.18. The second-order valence-electron chi connectivity index (χ2n) is 6.57. The molecular formula is C21H16N4O2S. The van der Waals surface area contributed by atoms with Crippen LogP contribution in [0.5, 0.6) is 0 Å². The quantitative estimate of drug-likeness (QED) is 0.573. The molecule has 0 radical (unpaired) electrons. The number of fused-ring (bicyclic) bond motifs is 1. The summed E-state index contributed by atoms with van der Waals surface area (Å²) in [6.45, 7) is 1.73. The molecule has 0 saturated heterocycles. The van der Waals surface area contributed by atoms with Crippen molar-refractivity contribution in [2.24, 2.45) is 0 Å². The van der Waals surface area contributed by atoms with Crippen LogP contribution in [0.1, 0.15) is 16.7 Å². The first-order chi connectivity index (χ1) is 13.5. The minimum Gasteiger partial charge on any atom is -0.278 e. The molecule has 0 saturated carbocycles. The Morgan fingerprint density at radius 1 is 1.07 bits per heavy atom. The zero-order chi connectivity index (χ0) is 19.7. The molecule has 0 fully saturated rings. The summed E-state index contributed by atoms with van der Waals surface area (Å²) in [6, 6.07) is 15.9. The molecule has 0 bridgehead atoms. The van der Waals surface area contributed by atoms with E-state index in [0.29, 0.717) is 16.7 Å². The second kappa shape index (κ2) is 6.91. The van der Waals surface area contributed by atoms with Gasteiger partial charge in [-0.25, -0.2) is 8.42 Å². The van der Waals surface area contributed by atoms with Crippen molar-refractivity contribution in [1.29, 1.82) is 5.26 Å². The van der Waals surface area contributed by atoms with E-state index in [1.54, 1.807) is 43.6 Å². The van der Waals surface area contributed by atoms with Gasteiger partial charge in [0.1, 0.15) is 0 Å². The monoisotopic (exact) mass is 388 g/mol. The van der Waals surface area contributed by atoms with Crippen LogP contribution < -0.4 is 0 Å². The maximum atomic E-state index is 12.8. The first kappa shape index (κ1) is 17.9. The maximum Gasteiger partial charge on any atom is 0.182 e. The molecule has 0 aliphatic rings. The predicted octanol–water partition coefficient (Wildman–Crippen LogP) is 3.78. The fourth-order valence-electron chi connectivity index (χ4n) is 3.07. The number of nitrogens with zero attached hydrogens (tertiary/aromatic N) is 3. The van der Waals surface area contributed by atoms with Crippen LogP contribution in [0, 0.1) is 18.3 Å². The van der Waals surface area contributed by atoms with Gasteiger partial charge in [-0.05, 0) is 36.2 Å². The Morgan fingerprint density at radius 2 is 1.86 bits per heavy atom. The number of hydrogen-bond donors (Lipinski definition) is 1. The van der Waals surface area contributed by atoms with Gasteiger partial charge >= 0.3 is 0 Å². The summed E-state index contributed by atoms with van der Waals surface area (Å²) in [4.78, 5) is 4.62. The van der Waals surface area contributed by atoms with E-state index in [-0.39, 0.29) is 10.6 Å². The lowest BCUT2D eigenvalue weighted by Crippen LogP contribution is -2.07. The summed E-state index contributed by atoms with van der Waals surface area (Å²) in [5.74, 6) is -0.129. The minimum atomic E-state index is -3.56. The van der Waals surface area contributed by atoms with Crippen molar-refractivity contribution in [3.63, 3.8) is 0 Å². The molecule has 28 heavy (non-hydrogen) atoms. The van der Waals surface area contributed by atoms with E-state index in [2.05, 4.69) is 15.2 Å². The zero-order valence-electron chi connectivity index (χ0n) is 15.0. The largest absolute Gasteiger partial charge is 0.278 e. The van der Waals surface area contributed by atoms with Crippen molar-refractivity contribution < 1.29 is 8.42 Å². The molecule has 2 heterocycles. The second-order valence-corrected chi connectivity index (χ2v) is 8.53. The van der Waals surface area contributed by atoms with Crippen LogP contribution in [-0.4, -0.2) is 23.6 Å². The number of benzene rings is 2. The summed E-state index contributed by atoms with van der Waals surface area (Å²) in [7, 11) is -3.56. The van der Waals surface area contributed by atoms with Crippen molar-refractivity contribution in [3.8, 4) is 17.3 Å².